The van der Waals surface area contributed by atoms with Crippen molar-refractivity contribution in [3.05, 3.63) is 72.2 Å². The van der Waals surface area contributed by atoms with Crippen LogP contribution in [-0.2, 0) is 0 Å². The molecular formula is C31H34N6O3. The zero-order chi connectivity index (χ0) is 27.3. The van der Waals surface area contributed by atoms with Crippen LogP contribution in [0.15, 0.2) is 66.1 Å². The lowest BCUT2D eigenvalue weighted by Crippen LogP contribution is -2.39. The Kier molecular flexibility index (Phi) is 7.70. The summed E-state index contributed by atoms with van der Waals surface area (Å²) in [5, 5.41) is 3.11. The Balaban J connectivity index is 1.03. The van der Waals surface area contributed by atoms with Gasteiger partial charge in [0.05, 0.1) is 19.4 Å². The Morgan fingerprint density at radius 3 is 2.60 bits per heavy atom. The summed E-state index contributed by atoms with van der Waals surface area (Å²) >= 11 is 0. The zero-order valence-corrected chi connectivity index (χ0v) is 22.8. The number of rotatable bonds is 10. The summed E-state index contributed by atoms with van der Waals surface area (Å²) in [5.41, 5.74) is 3.65. The van der Waals surface area contributed by atoms with Gasteiger partial charge in [0.15, 0.2) is 5.82 Å². The van der Waals surface area contributed by atoms with Crippen molar-refractivity contribution in [2.24, 2.45) is 16.8 Å². The van der Waals surface area contributed by atoms with E-state index >= 15 is 0 Å². The molecule has 0 unspecified atom stereocenters. The predicted molar refractivity (Wildman–Crippen MR) is 154 cm³/mol. The molecule has 1 aromatic heterocycles. The SMILES string of the molecule is COc1cc(OCC2CC2)cc(C(=O)NCC2CCN(c3ncnc(-c4cccc(C5=NC=CC5)c4)n3)CC2)c1. The highest BCUT2D eigenvalue weighted by atomic mass is 16.5. The van der Waals surface area contributed by atoms with Crippen molar-refractivity contribution in [1.29, 1.82) is 0 Å². The van der Waals surface area contributed by atoms with Crippen LogP contribution in [0.4, 0.5) is 5.95 Å². The van der Waals surface area contributed by atoms with E-state index in [0.717, 1.165) is 49.2 Å². The zero-order valence-electron chi connectivity index (χ0n) is 22.8. The minimum absolute atomic E-state index is 0.110. The second-order valence-electron chi connectivity index (χ2n) is 10.6. The van der Waals surface area contributed by atoms with Crippen molar-refractivity contribution in [3.8, 4) is 22.9 Å². The van der Waals surface area contributed by atoms with E-state index in [1.807, 2.05) is 24.4 Å². The lowest BCUT2D eigenvalue weighted by molar-refractivity contribution is 0.0944. The van der Waals surface area contributed by atoms with E-state index in [2.05, 4.69) is 43.4 Å². The van der Waals surface area contributed by atoms with Gasteiger partial charge in [-0.15, -0.1) is 0 Å². The van der Waals surface area contributed by atoms with Crippen LogP contribution >= 0.6 is 0 Å². The summed E-state index contributed by atoms with van der Waals surface area (Å²) in [7, 11) is 1.60. The standard InChI is InChI=1S/C31H34N6O3/c1-39-26-15-25(16-27(17-26)40-19-22-7-8-22)30(38)33-18-21-9-12-37(13-10-21)31-35-20-34-29(36-31)24-5-2-4-23(14-24)28-6-3-11-32-28/h2-5,11,14-17,20-22H,6-10,12-13,18-19H2,1H3,(H,33,38). The Morgan fingerprint density at radius 1 is 1.00 bits per heavy atom. The monoisotopic (exact) mass is 538 g/mol. The van der Waals surface area contributed by atoms with Gasteiger partial charge in [-0.3, -0.25) is 9.79 Å². The van der Waals surface area contributed by atoms with Crippen LogP contribution in [0.3, 0.4) is 0 Å². The smallest absolute Gasteiger partial charge is 0.251 e. The number of hydrogen-bond acceptors (Lipinski definition) is 8. The normalized spacial score (nSPS) is 17.0. The molecule has 0 atom stereocenters. The van der Waals surface area contributed by atoms with Crippen LogP contribution in [0, 0.1) is 11.8 Å². The quantitative estimate of drug-likeness (QED) is 0.400. The van der Waals surface area contributed by atoms with Crippen molar-refractivity contribution in [3.63, 3.8) is 0 Å². The molecule has 206 valence electrons. The van der Waals surface area contributed by atoms with Gasteiger partial charge in [-0.05, 0) is 61.3 Å². The van der Waals surface area contributed by atoms with E-state index in [-0.39, 0.29) is 5.91 Å². The summed E-state index contributed by atoms with van der Waals surface area (Å²) in [4.78, 5) is 33.3. The Hall–Kier alpha value is -4.27. The summed E-state index contributed by atoms with van der Waals surface area (Å²) in [5.74, 6) is 3.56. The van der Waals surface area contributed by atoms with E-state index in [1.165, 1.54) is 12.8 Å². The molecule has 2 aliphatic heterocycles. The number of hydrogen-bond donors (Lipinski definition) is 1. The highest BCUT2D eigenvalue weighted by Crippen LogP contribution is 2.31. The first-order valence-corrected chi connectivity index (χ1v) is 14.0. The van der Waals surface area contributed by atoms with Gasteiger partial charge < -0.3 is 19.7 Å². The molecule has 1 amide bonds. The molecule has 1 aliphatic carbocycles. The van der Waals surface area contributed by atoms with Gasteiger partial charge in [-0.2, -0.15) is 4.98 Å². The van der Waals surface area contributed by atoms with Gasteiger partial charge in [0, 0.05) is 49.4 Å². The molecular weight excluding hydrogens is 504 g/mol. The number of aromatic nitrogens is 3. The summed E-state index contributed by atoms with van der Waals surface area (Å²) in [6, 6.07) is 13.6. The van der Waals surface area contributed by atoms with Crippen LogP contribution in [0.2, 0.25) is 0 Å². The fraction of sp³-hybridized carbons (Fsp3) is 0.387. The first-order valence-electron chi connectivity index (χ1n) is 14.0. The molecule has 0 bridgehead atoms. The van der Waals surface area contributed by atoms with E-state index in [0.29, 0.717) is 53.8 Å². The van der Waals surface area contributed by atoms with Crippen LogP contribution in [-0.4, -0.2) is 59.9 Å². The molecule has 3 aromatic rings. The molecule has 3 aliphatic rings. The highest BCUT2D eigenvalue weighted by Gasteiger charge is 2.24. The Bertz CT molecular complexity index is 1430. The van der Waals surface area contributed by atoms with Crippen LogP contribution in [0.1, 0.15) is 48.0 Å². The van der Waals surface area contributed by atoms with Gasteiger partial charge in [0.2, 0.25) is 5.95 Å². The minimum Gasteiger partial charge on any atom is -0.497 e. The molecule has 40 heavy (non-hydrogen) atoms. The molecule has 1 N–H and O–H groups in total. The van der Waals surface area contributed by atoms with E-state index in [9.17, 15) is 4.79 Å². The second-order valence-corrected chi connectivity index (χ2v) is 10.6. The molecule has 1 saturated heterocycles. The van der Waals surface area contributed by atoms with Crippen molar-refractivity contribution < 1.29 is 14.3 Å². The van der Waals surface area contributed by atoms with Gasteiger partial charge >= 0.3 is 0 Å². The summed E-state index contributed by atoms with van der Waals surface area (Å²) < 4.78 is 11.3. The number of methoxy groups -OCH3 is 1. The van der Waals surface area contributed by atoms with Crippen molar-refractivity contribution in [1.82, 2.24) is 20.3 Å². The van der Waals surface area contributed by atoms with Crippen LogP contribution < -0.4 is 19.7 Å². The molecule has 0 radical (unpaired) electrons. The van der Waals surface area contributed by atoms with Crippen LogP contribution in [0.25, 0.3) is 11.4 Å². The Morgan fingerprint density at radius 2 is 1.82 bits per heavy atom. The maximum absolute atomic E-state index is 13.0. The first-order chi connectivity index (χ1) is 19.6. The fourth-order valence-corrected chi connectivity index (χ4v) is 5.05. The maximum atomic E-state index is 13.0. The molecule has 1 saturated carbocycles. The average molecular weight is 539 g/mol. The van der Waals surface area contributed by atoms with E-state index in [4.69, 9.17) is 14.5 Å². The van der Waals surface area contributed by atoms with Crippen molar-refractivity contribution in [2.45, 2.75) is 32.1 Å². The number of carbonyl (C=O) groups excluding carboxylic acids is 1. The Labute approximate surface area is 234 Å². The lowest BCUT2D eigenvalue weighted by atomic mass is 9.97. The van der Waals surface area contributed by atoms with Gasteiger partial charge in [-0.25, -0.2) is 9.97 Å². The topological polar surface area (TPSA) is 102 Å². The third-order valence-corrected chi connectivity index (χ3v) is 7.67. The molecule has 9 nitrogen and oxygen atoms in total. The predicted octanol–water partition coefficient (Wildman–Crippen LogP) is 4.69. The third kappa shape index (κ3) is 6.30. The van der Waals surface area contributed by atoms with Gasteiger partial charge in [0.1, 0.15) is 17.8 Å². The lowest BCUT2D eigenvalue weighted by Gasteiger charge is -2.32. The number of aliphatic imine (C=N–C) groups is 1. The number of carbonyl (C=O) groups is 1. The number of ether oxygens (including phenoxy) is 2. The number of benzene rings is 2. The largest absolute Gasteiger partial charge is 0.497 e. The molecule has 3 heterocycles. The molecule has 0 spiro atoms. The fourth-order valence-electron chi connectivity index (χ4n) is 5.05. The summed E-state index contributed by atoms with van der Waals surface area (Å²) in [6.45, 7) is 2.96. The number of allylic oxidation sites excluding steroid dienone is 1. The number of nitrogens with zero attached hydrogens (tertiary/aromatic N) is 5. The number of amides is 1. The number of piperidine rings is 1. The molecule has 2 aromatic carbocycles. The summed E-state index contributed by atoms with van der Waals surface area (Å²) in [6.07, 6.45) is 10.6. The van der Waals surface area contributed by atoms with Crippen LogP contribution in [0.5, 0.6) is 11.5 Å². The molecule has 9 heteroatoms. The van der Waals surface area contributed by atoms with E-state index < -0.39 is 0 Å². The number of anilines is 1. The maximum Gasteiger partial charge on any atom is 0.251 e. The third-order valence-electron chi connectivity index (χ3n) is 7.67. The molecule has 2 fully saturated rings. The molecule has 6 rings (SSSR count). The number of nitrogens with one attached hydrogen (secondary N) is 1. The van der Waals surface area contributed by atoms with Crippen molar-refractivity contribution in [2.75, 3.05) is 38.3 Å². The second kappa shape index (κ2) is 11.9. The van der Waals surface area contributed by atoms with E-state index in [1.54, 1.807) is 25.6 Å². The average Bonchev–Trinajstić information content (AvgIpc) is 3.68. The minimum atomic E-state index is -0.110. The van der Waals surface area contributed by atoms with Crippen molar-refractivity contribution >= 4 is 17.6 Å². The highest BCUT2D eigenvalue weighted by molar-refractivity contribution is 6.03. The first kappa shape index (κ1) is 26.0. The van der Waals surface area contributed by atoms with Gasteiger partial charge in [-0.1, -0.05) is 24.3 Å². The van der Waals surface area contributed by atoms with Gasteiger partial charge in [0.25, 0.3) is 5.91 Å².